The third kappa shape index (κ3) is 5.72. The van der Waals surface area contributed by atoms with Gasteiger partial charge in [-0.3, -0.25) is 4.79 Å². The van der Waals surface area contributed by atoms with E-state index < -0.39 is 5.97 Å². The van der Waals surface area contributed by atoms with Gasteiger partial charge in [0.25, 0.3) is 0 Å². The van der Waals surface area contributed by atoms with Crippen LogP contribution in [0, 0.1) is 5.92 Å². The molecular weight excluding hydrogens is 264 g/mol. The summed E-state index contributed by atoms with van der Waals surface area (Å²) in [5, 5.41) is 15.0. The van der Waals surface area contributed by atoms with Gasteiger partial charge in [-0.15, -0.1) is 0 Å². The monoisotopic (exact) mass is 288 g/mol. The summed E-state index contributed by atoms with van der Waals surface area (Å²) in [4.78, 5) is 22.4. The summed E-state index contributed by atoms with van der Waals surface area (Å²) in [5.41, 5.74) is 0. The minimum atomic E-state index is -0.813. The molecule has 1 rings (SSSR count). The van der Waals surface area contributed by atoms with E-state index in [1.54, 1.807) is 11.8 Å². The van der Waals surface area contributed by atoms with Gasteiger partial charge in [0, 0.05) is 24.3 Å². The molecule has 19 heavy (non-hydrogen) atoms. The van der Waals surface area contributed by atoms with Gasteiger partial charge in [0.2, 0.25) is 0 Å². The maximum atomic E-state index is 11.8. The number of aliphatic carboxylic acids is 1. The van der Waals surface area contributed by atoms with E-state index in [9.17, 15) is 9.59 Å². The highest BCUT2D eigenvalue weighted by Gasteiger charge is 2.27. The number of hydrogen-bond donors (Lipinski definition) is 3. The fourth-order valence-electron chi connectivity index (χ4n) is 2.44. The van der Waals surface area contributed by atoms with Crippen molar-refractivity contribution in [2.45, 2.75) is 50.3 Å². The number of thioether (sulfide) groups is 1. The van der Waals surface area contributed by atoms with Gasteiger partial charge in [0.1, 0.15) is 0 Å². The van der Waals surface area contributed by atoms with E-state index in [4.69, 9.17) is 5.11 Å². The average Bonchev–Trinajstić information content (AvgIpc) is 2.81. The molecule has 0 saturated heterocycles. The number of hydrogen-bond acceptors (Lipinski definition) is 3. The van der Waals surface area contributed by atoms with Crippen LogP contribution < -0.4 is 10.6 Å². The van der Waals surface area contributed by atoms with Crippen molar-refractivity contribution in [2.75, 3.05) is 12.8 Å². The zero-order valence-electron chi connectivity index (χ0n) is 11.6. The molecule has 110 valence electrons. The number of urea groups is 1. The van der Waals surface area contributed by atoms with Crippen molar-refractivity contribution < 1.29 is 14.7 Å². The van der Waals surface area contributed by atoms with Gasteiger partial charge in [-0.2, -0.15) is 11.8 Å². The van der Waals surface area contributed by atoms with Crippen LogP contribution in [0.4, 0.5) is 4.79 Å². The molecule has 0 spiro atoms. The van der Waals surface area contributed by atoms with Crippen LogP contribution in [0.3, 0.4) is 0 Å². The van der Waals surface area contributed by atoms with Gasteiger partial charge in [-0.05, 0) is 25.0 Å². The van der Waals surface area contributed by atoms with Crippen LogP contribution in [0.1, 0.15) is 39.0 Å². The topological polar surface area (TPSA) is 78.4 Å². The van der Waals surface area contributed by atoms with Crippen molar-refractivity contribution in [3.63, 3.8) is 0 Å². The van der Waals surface area contributed by atoms with Gasteiger partial charge in [0.15, 0.2) is 0 Å². The van der Waals surface area contributed by atoms with Crippen LogP contribution in [0.2, 0.25) is 0 Å². The molecule has 5 nitrogen and oxygen atoms in total. The molecule has 1 aliphatic rings. The maximum Gasteiger partial charge on any atom is 0.315 e. The number of nitrogens with one attached hydrogen (secondary N) is 2. The van der Waals surface area contributed by atoms with E-state index in [2.05, 4.69) is 16.9 Å². The number of amides is 2. The highest BCUT2D eigenvalue weighted by molar-refractivity contribution is 7.99. The van der Waals surface area contributed by atoms with Crippen molar-refractivity contribution in [1.29, 1.82) is 0 Å². The summed E-state index contributed by atoms with van der Waals surface area (Å²) >= 11 is 1.80. The highest BCUT2D eigenvalue weighted by atomic mass is 32.2. The Balaban J connectivity index is 2.28. The van der Waals surface area contributed by atoms with E-state index in [-0.39, 0.29) is 24.4 Å². The summed E-state index contributed by atoms with van der Waals surface area (Å²) in [6.45, 7) is 2.36. The summed E-state index contributed by atoms with van der Waals surface area (Å²) < 4.78 is 0. The molecule has 3 N–H and O–H groups in total. The Labute approximate surface area is 118 Å². The second-order valence-corrected chi connectivity index (χ2v) is 6.11. The second kappa shape index (κ2) is 8.30. The smallest absolute Gasteiger partial charge is 0.315 e. The molecule has 0 aromatic heterocycles. The molecule has 0 aromatic carbocycles. The van der Waals surface area contributed by atoms with E-state index in [0.29, 0.717) is 11.8 Å². The Bertz CT molecular complexity index is 312. The Morgan fingerprint density at radius 1 is 1.42 bits per heavy atom. The predicted octanol–water partition coefficient (Wildman–Crippen LogP) is 2.07. The van der Waals surface area contributed by atoms with Crippen LogP contribution in [-0.2, 0) is 4.79 Å². The van der Waals surface area contributed by atoms with Crippen molar-refractivity contribution in [3.05, 3.63) is 0 Å². The molecule has 0 radical (unpaired) electrons. The first kappa shape index (κ1) is 16.1. The number of carbonyl (C=O) groups excluding carboxylic acids is 1. The normalized spacial score (nSPS) is 23.9. The molecule has 1 saturated carbocycles. The van der Waals surface area contributed by atoms with Gasteiger partial charge in [-0.25, -0.2) is 4.79 Å². The average molecular weight is 288 g/mol. The number of carboxylic acid groups (broad SMARTS) is 1. The van der Waals surface area contributed by atoms with Crippen LogP contribution in [-0.4, -0.2) is 41.2 Å². The SMILES string of the molecule is CCC(CNC(=O)NC1CCCC1SC)CC(=O)O. The van der Waals surface area contributed by atoms with E-state index >= 15 is 0 Å². The standard InChI is InChI=1S/C13H24N2O3S/c1-3-9(7-12(16)17)8-14-13(18)15-10-5-4-6-11(10)19-2/h9-11H,3-8H2,1-2H3,(H,16,17)(H2,14,15,18). The van der Waals surface area contributed by atoms with Crippen molar-refractivity contribution >= 4 is 23.8 Å². The first-order valence-corrected chi connectivity index (χ1v) is 8.14. The molecule has 3 atom stereocenters. The number of carboxylic acids is 1. The first-order valence-electron chi connectivity index (χ1n) is 6.85. The third-order valence-corrected chi connectivity index (χ3v) is 4.83. The summed E-state index contributed by atoms with van der Waals surface area (Å²) in [5.74, 6) is -0.810. The molecule has 6 heteroatoms. The zero-order valence-corrected chi connectivity index (χ0v) is 12.5. The summed E-state index contributed by atoms with van der Waals surface area (Å²) in [6, 6.07) is 0.0735. The number of rotatable bonds is 7. The predicted molar refractivity (Wildman–Crippen MR) is 77.5 cm³/mol. The van der Waals surface area contributed by atoms with Crippen LogP contribution >= 0.6 is 11.8 Å². The molecular formula is C13H24N2O3S. The van der Waals surface area contributed by atoms with Gasteiger partial charge >= 0.3 is 12.0 Å². The Morgan fingerprint density at radius 3 is 2.74 bits per heavy atom. The Hall–Kier alpha value is -0.910. The maximum absolute atomic E-state index is 11.8. The zero-order chi connectivity index (χ0) is 14.3. The molecule has 0 aromatic rings. The number of carbonyl (C=O) groups is 2. The quantitative estimate of drug-likeness (QED) is 0.670. The lowest BCUT2D eigenvalue weighted by Crippen LogP contribution is -2.45. The van der Waals surface area contributed by atoms with Crippen LogP contribution in [0.25, 0.3) is 0 Å². The lowest BCUT2D eigenvalue weighted by atomic mass is 10.0. The molecule has 1 fully saturated rings. The molecule has 0 heterocycles. The lowest BCUT2D eigenvalue weighted by Gasteiger charge is -2.20. The van der Waals surface area contributed by atoms with Crippen molar-refractivity contribution in [1.82, 2.24) is 10.6 Å². The molecule has 3 unspecified atom stereocenters. The lowest BCUT2D eigenvalue weighted by molar-refractivity contribution is -0.138. The minimum Gasteiger partial charge on any atom is -0.481 e. The fraction of sp³-hybridized carbons (Fsp3) is 0.846. The first-order chi connectivity index (χ1) is 9.06. The van der Waals surface area contributed by atoms with Gasteiger partial charge < -0.3 is 15.7 Å². The molecule has 0 bridgehead atoms. The molecule has 2 amide bonds. The van der Waals surface area contributed by atoms with E-state index in [1.165, 1.54) is 0 Å². The van der Waals surface area contributed by atoms with Gasteiger partial charge in [0.05, 0.1) is 0 Å². The van der Waals surface area contributed by atoms with Gasteiger partial charge in [-0.1, -0.05) is 19.8 Å². The second-order valence-electron chi connectivity index (χ2n) is 5.04. The minimum absolute atomic E-state index is 0.00294. The molecule has 0 aliphatic heterocycles. The van der Waals surface area contributed by atoms with Crippen LogP contribution in [0.15, 0.2) is 0 Å². The van der Waals surface area contributed by atoms with Crippen molar-refractivity contribution in [2.24, 2.45) is 5.92 Å². The van der Waals surface area contributed by atoms with E-state index in [0.717, 1.165) is 25.7 Å². The Morgan fingerprint density at radius 2 is 2.16 bits per heavy atom. The molecule has 1 aliphatic carbocycles. The van der Waals surface area contributed by atoms with E-state index in [1.807, 2.05) is 6.92 Å². The summed E-state index contributed by atoms with van der Waals surface area (Å²) in [7, 11) is 0. The largest absolute Gasteiger partial charge is 0.481 e. The Kier molecular flexibility index (Phi) is 7.05. The summed E-state index contributed by atoms with van der Waals surface area (Å²) in [6.07, 6.45) is 6.28. The third-order valence-electron chi connectivity index (χ3n) is 3.66. The van der Waals surface area contributed by atoms with Crippen molar-refractivity contribution in [3.8, 4) is 0 Å². The van der Waals surface area contributed by atoms with Crippen LogP contribution in [0.5, 0.6) is 0 Å². The highest BCUT2D eigenvalue weighted by Crippen LogP contribution is 2.28. The fourth-order valence-corrected chi connectivity index (χ4v) is 3.37.